The molecule has 0 fully saturated rings. The molecule has 4 N–H and O–H groups in total. The van der Waals surface area contributed by atoms with Crippen molar-refractivity contribution in [2.45, 2.75) is 25.7 Å². The standard InChI is InChI=1S/C16H14O6.C14H10O5/c17-11-3-5-13(15(19)20)9(7-11)1-2-10-8-12(18)4-6-14(10)16(21)22;15-13(16)9-5-1-3-7-11(9)19-12-8-4-2-6-10(12)14(17)18/h5-8H,1-4H2,(H,19,20)(H,21,22);1-8H,(H,15,16)(H,17,18). The van der Waals surface area contributed by atoms with Crippen molar-refractivity contribution in [2.75, 3.05) is 0 Å². The fraction of sp³-hybridized carbons (Fsp3) is 0.133. The predicted molar refractivity (Wildman–Crippen MR) is 143 cm³/mol. The highest BCUT2D eigenvalue weighted by Gasteiger charge is 2.23. The van der Waals surface area contributed by atoms with Crippen LogP contribution in [0.25, 0.3) is 0 Å². The van der Waals surface area contributed by atoms with Crippen molar-refractivity contribution >= 4 is 35.4 Å². The van der Waals surface area contributed by atoms with E-state index in [0.717, 1.165) is 0 Å². The zero-order valence-corrected chi connectivity index (χ0v) is 21.4. The molecule has 210 valence electrons. The summed E-state index contributed by atoms with van der Waals surface area (Å²) in [4.78, 5) is 67.2. The number of allylic oxidation sites excluding steroid dienone is 4. The number of ketones is 2. The molecule has 0 saturated carbocycles. The number of carboxylic acid groups (broad SMARTS) is 4. The Morgan fingerprint density at radius 3 is 1.29 bits per heavy atom. The summed E-state index contributed by atoms with van der Waals surface area (Å²) in [6, 6.07) is 12.1. The number of hydrogen-bond donors (Lipinski definition) is 4. The van der Waals surface area contributed by atoms with Gasteiger partial charge in [-0.3, -0.25) is 9.59 Å². The number of rotatable bonds is 9. The third kappa shape index (κ3) is 7.96. The zero-order valence-electron chi connectivity index (χ0n) is 21.4. The molecule has 0 aliphatic heterocycles. The largest absolute Gasteiger partial charge is 0.478 e. The lowest BCUT2D eigenvalue weighted by Crippen LogP contribution is -2.13. The predicted octanol–water partition coefficient (Wildman–Crippen LogP) is 4.46. The van der Waals surface area contributed by atoms with Crippen LogP contribution < -0.4 is 4.74 Å². The lowest BCUT2D eigenvalue weighted by Gasteiger charge is -2.16. The number of carboxylic acids is 4. The van der Waals surface area contributed by atoms with Gasteiger partial charge in [-0.2, -0.15) is 0 Å². The van der Waals surface area contributed by atoms with Gasteiger partial charge in [0.1, 0.15) is 22.6 Å². The Morgan fingerprint density at radius 1 is 0.585 bits per heavy atom. The van der Waals surface area contributed by atoms with Gasteiger partial charge in [0.05, 0.1) is 11.1 Å². The number of aliphatic carboxylic acids is 2. The van der Waals surface area contributed by atoms with E-state index in [0.29, 0.717) is 11.1 Å². The fourth-order valence-corrected chi connectivity index (χ4v) is 4.04. The number of carbonyl (C=O) groups is 6. The highest BCUT2D eigenvalue weighted by molar-refractivity contribution is 6.02. The number of carbonyl (C=O) groups excluding carboxylic acids is 2. The molecule has 0 radical (unpaired) electrons. The van der Waals surface area contributed by atoms with Gasteiger partial charge in [-0.15, -0.1) is 0 Å². The highest BCUT2D eigenvalue weighted by Crippen LogP contribution is 2.29. The first-order valence-electron chi connectivity index (χ1n) is 12.1. The van der Waals surface area contributed by atoms with Crippen molar-refractivity contribution in [2.24, 2.45) is 0 Å². The number of para-hydroxylation sites is 2. The normalized spacial score (nSPS) is 14.3. The molecular weight excluding hydrogens is 536 g/mol. The van der Waals surface area contributed by atoms with E-state index in [-0.39, 0.29) is 71.0 Å². The zero-order chi connectivity index (χ0) is 30.1. The molecule has 11 heteroatoms. The van der Waals surface area contributed by atoms with Crippen LogP contribution >= 0.6 is 0 Å². The summed E-state index contributed by atoms with van der Waals surface area (Å²) in [5.41, 5.74) is 0.775. The first-order chi connectivity index (χ1) is 19.5. The van der Waals surface area contributed by atoms with Crippen molar-refractivity contribution < 1.29 is 53.9 Å². The Labute approximate surface area is 233 Å². The Balaban J connectivity index is 0.000000228. The Kier molecular flexibility index (Phi) is 9.85. The van der Waals surface area contributed by atoms with Crippen molar-refractivity contribution in [1.29, 1.82) is 0 Å². The topological polar surface area (TPSA) is 193 Å². The molecular formula is C30H24O11. The molecule has 0 bridgehead atoms. The van der Waals surface area contributed by atoms with Crippen molar-refractivity contribution in [3.05, 3.63) is 106 Å². The number of hydrogen-bond acceptors (Lipinski definition) is 7. The minimum Gasteiger partial charge on any atom is -0.478 e. The molecule has 0 unspecified atom stereocenters. The summed E-state index contributed by atoms with van der Waals surface area (Å²) in [7, 11) is 0. The van der Waals surface area contributed by atoms with Crippen LogP contribution in [0.2, 0.25) is 0 Å². The minimum absolute atomic E-state index is 0.0253. The van der Waals surface area contributed by atoms with Crippen LogP contribution in [0.4, 0.5) is 0 Å². The van der Waals surface area contributed by atoms with Gasteiger partial charge in [-0.05, 0) is 60.4 Å². The first-order valence-corrected chi connectivity index (χ1v) is 12.1. The fourth-order valence-electron chi connectivity index (χ4n) is 4.04. The first kappa shape index (κ1) is 30.0. The second-order valence-electron chi connectivity index (χ2n) is 8.73. The van der Waals surface area contributed by atoms with E-state index in [9.17, 15) is 28.8 Å². The SMILES string of the molecule is O=C(O)c1ccccc1Oc1ccccc1C(=O)O.O=C1C=C(CCC2=CC(=O)CC=C2C(=O)O)C(C(=O)O)=CC1. The summed E-state index contributed by atoms with van der Waals surface area (Å²) in [5, 5.41) is 36.3. The Bertz CT molecular complexity index is 1440. The van der Waals surface area contributed by atoms with E-state index in [1.165, 1.54) is 48.6 Å². The molecule has 41 heavy (non-hydrogen) atoms. The van der Waals surface area contributed by atoms with Crippen LogP contribution in [0.3, 0.4) is 0 Å². The molecule has 0 saturated heterocycles. The smallest absolute Gasteiger partial charge is 0.339 e. The van der Waals surface area contributed by atoms with E-state index in [1.54, 1.807) is 24.3 Å². The van der Waals surface area contributed by atoms with Crippen molar-refractivity contribution in [3.63, 3.8) is 0 Å². The summed E-state index contributed by atoms with van der Waals surface area (Å²) >= 11 is 0. The maximum absolute atomic E-state index is 11.4. The van der Waals surface area contributed by atoms with Gasteiger partial charge in [-0.1, -0.05) is 36.4 Å². The van der Waals surface area contributed by atoms with Crippen molar-refractivity contribution in [1.82, 2.24) is 0 Å². The van der Waals surface area contributed by atoms with Crippen LogP contribution in [-0.2, 0) is 19.2 Å². The van der Waals surface area contributed by atoms with Gasteiger partial charge < -0.3 is 25.2 Å². The van der Waals surface area contributed by atoms with Gasteiger partial charge in [0.15, 0.2) is 11.6 Å². The van der Waals surface area contributed by atoms with Crippen molar-refractivity contribution in [3.8, 4) is 11.5 Å². The average molecular weight is 561 g/mol. The van der Waals surface area contributed by atoms with E-state index >= 15 is 0 Å². The lowest BCUT2D eigenvalue weighted by atomic mass is 9.88. The summed E-state index contributed by atoms with van der Waals surface area (Å²) in [6.07, 6.45) is 5.74. The molecule has 0 atom stereocenters. The van der Waals surface area contributed by atoms with Crippen LogP contribution in [0.1, 0.15) is 46.4 Å². The molecule has 11 nitrogen and oxygen atoms in total. The Hall–Kier alpha value is -5.58. The monoisotopic (exact) mass is 560 g/mol. The second-order valence-corrected chi connectivity index (χ2v) is 8.73. The molecule has 2 aliphatic rings. The molecule has 0 heterocycles. The van der Waals surface area contributed by atoms with E-state index in [1.807, 2.05) is 0 Å². The molecule has 2 aromatic carbocycles. The molecule has 2 aromatic rings. The lowest BCUT2D eigenvalue weighted by molar-refractivity contribution is -0.133. The number of benzene rings is 2. The second kappa shape index (κ2) is 13.5. The molecule has 4 rings (SSSR count). The maximum Gasteiger partial charge on any atom is 0.339 e. The third-order valence-corrected chi connectivity index (χ3v) is 5.96. The number of aromatic carboxylic acids is 2. The minimum atomic E-state index is -1.14. The highest BCUT2D eigenvalue weighted by atomic mass is 16.5. The quantitative estimate of drug-likeness (QED) is 0.338. The van der Waals surface area contributed by atoms with E-state index in [4.69, 9.17) is 25.2 Å². The summed E-state index contributed by atoms with van der Waals surface area (Å²) in [6.45, 7) is 0. The van der Waals surface area contributed by atoms with Gasteiger partial charge >= 0.3 is 23.9 Å². The summed E-state index contributed by atoms with van der Waals surface area (Å²) in [5.74, 6) is -4.70. The molecule has 0 amide bonds. The van der Waals surface area contributed by atoms with Crippen LogP contribution in [0.15, 0.2) is 95.1 Å². The molecule has 0 aromatic heterocycles. The van der Waals surface area contributed by atoms with E-state index in [2.05, 4.69) is 0 Å². The van der Waals surface area contributed by atoms with Crippen LogP contribution in [-0.4, -0.2) is 55.9 Å². The number of ether oxygens (including phenoxy) is 1. The summed E-state index contributed by atoms with van der Waals surface area (Å²) < 4.78 is 5.40. The Morgan fingerprint density at radius 2 is 0.951 bits per heavy atom. The maximum atomic E-state index is 11.4. The van der Waals surface area contributed by atoms with Gasteiger partial charge in [-0.25, -0.2) is 19.2 Å². The average Bonchev–Trinajstić information content (AvgIpc) is 2.92. The molecule has 0 spiro atoms. The van der Waals surface area contributed by atoms with Gasteiger partial charge in [0.2, 0.25) is 0 Å². The van der Waals surface area contributed by atoms with Gasteiger partial charge in [0.25, 0.3) is 0 Å². The molecule has 2 aliphatic carbocycles. The van der Waals surface area contributed by atoms with E-state index < -0.39 is 23.9 Å². The van der Waals surface area contributed by atoms with Gasteiger partial charge in [0, 0.05) is 12.8 Å². The van der Waals surface area contributed by atoms with Crippen LogP contribution in [0.5, 0.6) is 11.5 Å². The third-order valence-electron chi connectivity index (χ3n) is 5.96. The van der Waals surface area contributed by atoms with Crippen LogP contribution in [0, 0.1) is 0 Å².